The van der Waals surface area contributed by atoms with Crippen molar-refractivity contribution in [3.05, 3.63) is 11.4 Å². The first kappa shape index (κ1) is 5.58. The second kappa shape index (κ2) is 1.75. The maximum Gasteiger partial charge on any atom is 0.286 e. The van der Waals surface area contributed by atoms with Crippen LogP contribution in [-0.2, 0) is 0 Å². The Balaban J connectivity index is 2.33. The van der Waals surface area contributed by atoms with Crippen LogP contribution in [0.4, 0.5) is 0 Å². The van der Waals surface area contributed by atoms with Crippen molar-refractivity contribution < 1.29 is 0 Å². The van der Waals surface area contributed by atoms with Crippen LogP contribution in [-0.4, -0.2) is 12.2 Å². The number of hydrogen-bond acceptors (Lipinski definition) is 1. The summed E-state index contributed by atoms with van der Waals surface area (Å²) < 4.78 is 0. The fraction of sp³-hybridized carbons (Fsp3) is 0.833. The summed E-state index contributed by atoms with van der Waals surface area (Å²) in [7, 11) is 0. The van der Waals surface area contributed by atoms with Crippen LogP contribution in [0.1, 0.15) is 19.8 Å². The van der Waals surface area contributed by atoms with Gasteiger partial charge in [0.15, 0.2) is 0 Å². The zero-order valence-corrected chi connectivity index (χ0v) is 5.07. The topological polar surface area (TPSA) is 16.4 Å². The van der Waals surface area contributed by atoms with E-state index in [2.05, 4.69) is 10.2 Å². The Morgan fingerprint density at radius 1 is 1.75 bits per heavy atom. The number of nitrogens with one attached hydrogen (secondary N) is 1. The molecule has 2 nitrogen and oxygen atoms in total. The standard InChI is InChI=1S/C6H10N2/c1-3-8-6(7-2)4-5-6/h8H,3-5H2,1H3. The van der Waals surface area contributed by atoms with Crippen LogP contribution in [0.3, 0.4) is 0 Å². The van der Waals surface area contributed by atoms with Crippen LogP contribution >= 0.6 is 0 Å². The van der Waals surface area contributed by atoms with Crippen molar-refractivity contribution in [3.63, 3.8) is 0 Å². The van der Waals surface area contributed by atoms with Crippen LogP contribution < -0.4 is 5.32 Å². The van der Waals surface area contributed by atoms with Gasteiger partial charge in [0.25, 0.3) is 5.66 Å². The molecule has 0 aromatic heterocycles. The minimum Gasteiger partial charge on any atom is -0.293 e. The summed E-state index contributed by atoms with van der Waals surface area (Å²) in [5.41, 5.74) is -0.116. The van der Waals surface area contributed by atoms with Crippen molar-refractivity contribution in [3.8, 4) is 0 Å². The predicted octanol–water partition coefficient (Wildman–Crippen LogP) is 1.01. The first-order chi connectivity index (χ1) is 3.83. The predicted molar refractivity (Wildman–Crippen MR) is 32.2 cm³/mol. The summed E-state index contributed by atoms with van der Waals surface area (Å²) >= 11 is 0. The first-order valence-corrected chi connectivity index (χ1v) is 2.96. The number of rotatable bonds is 2. The molecule has 1 fully saturated rings. The van der Waals surface area contributed by atoms with Crippen molar-refractivity contribution in [1.29, 1.82) is 0 Å². The van der Waals surface area contributed by atoms with E-state index in [1.54, 1.807) is 0 Å². The van der Waals surface area contributed by atoms with E-state index in [1.165, 1.54) is 0 Å². The molecule has 0 aliphatic heterocycles. The third-order valence-corrected chi connectivity index (χ3v) is 1.44. The van der Waals surface area contributed by atoms with Crippen molar-refractivity contribution in [1.82, 2.24) is 5.32 Å². The second-order valence-corrected chi connectivity index (χ2v) is 2.17. The Morgan fingerprint density at radius 3 is 2.50 bits per heavy atom. The average molecular weight is 110 g/mol. The van der Waals surface area contributed by atoms with Gasteiger partial charge in [-0.25, -0.2) is 11.9 Å². The van der Waals surface area contributed by atoms with Crippen LogP contribution in [0.5, 0.6) is 0 Å². The molecule has 1 aliphatic carbocycles. The molecule has 0 unspecified atom stereocenters. The lowest BCUT2D eigenvalue weighted by atomic mass is 10.5. The van der Waals surface area contributed by atoms with Gasteiger partial charge in [0.2, 0.25) is 0 Å². The molecule has 0 heterocycles. The van der Waals surface area contributed by atoms with E-state index in [0.717, 1.165) is 19.4 Å². The molecular formula is C6H10N2. The second-order valence-electron chi connectivity index (χ2n) is 2.17. The molecule has 1 aliphatic rings. The summed E-state index contributed by atoms with van der Waals surface area (Å²) in [5, 5.41) is 3.13. The summed E-state index contributed by atoms with van der Waals surface area (Å²) in [4.78, 5) is 3.46. The minimum atomic E-state index is -0.116. The lowest BCUT2D eigenvalue weighted by Gasteiger charge is -1.98. The number of hydrogen-bond donors (Lipinski definition) is 1. The van der Waals surface area contributed by atoms with Crippen molar-refractivity contribution in [2.45, 2.75) is 25.4 Å². The molecule has 2 heteroatoms. The zero-order valence-electron chi connectivity index (χ0n) is 5.07. The monoisotopic (exact) mass is 110 g/mol. The molecule has 0 saturated heterocycles. The fourth-order valence-electron chi connectivity index (χ4n) is 0.776. The lowest BCUT2D eigenvalue weighted by Crippen LogP contribution is -2.26. The van der Waals surface area contributed by atoms with Gasteiger partial charge in [-0.05, 0) is 6.54 Å². The highest BCUT2D eigenvalue weighted by Gasteiger charge is 2.49. The molecule has 1 saturated carbocycles. The average Bonchev–Trinajstić information content (AvgIpc) is 2.50. The maximum absolute atomic E-state index is 6.73. The van der Waals surface area contributed by atoms with Crippen LogP contribution in [0.15, 0.2) is 0 Å². The van der Waals surface area contributed by atoms with Crippen molar-refractivity contribution in [2.75, 3.05) is 6.54 Å². The van der Waals surface area contributed by atoms with E-state index in [1.807, 2.05) is 6.92 Å². The van der Waals surface area contributed by atoms with Gasteiger partial charge in [0.1, 0.15) is 0 Å². The van der Waals surface area contributed by atoms with Gasteiger partial charge in [0, 0.05) is 12.8 Å². The SMILES string of the molecule is [C-]#[N+]C1(NCC)CC1. The highest BCUT2D eigenvalue weighted by Crippen LogP contribution is 2.36. The summed E-state index contributed by atoms with van der Waals surface area (Å²) in [6, 6.07) is 0. The number of nitrogens with zero attached hydrogens (tertiary/aromatic N) is 1. The van der Waals surface area contributed by atoms with E-state index in [4.69, 9.17) is 6.57 Å². The minimum absolute atomic E-state index is 0.116. The highest BCUT2D eigenvalue weighted by atomic mass is 15.2. The molecule has 8 heavy (non-hydrogen) atoms. The Kier molecular flexibility index (Phi) is 1.22. The maximum atomic E-state index is 6.73. The zero-order chi connectivity index (χ0) is 6.04. The van der Waals surface area contributed by atoms with Crippen LogP contribution in [0, 0.1) is 6.57 Å². The van der Waals surface area contributed by atoms with Gasteiger partial charge in [-0.15, -0.1) is 0 Å². The van der Waals surface area contributed by atoms with Gasteiger partial charge in [0.05, 0.1) is 0 Å². The molecule has 1 N–H and O–H groups in total. The molecule has 0 aromatic rings. The third kappa shape index (κ3) is 0.823. The van der Waals surface area contributed by atoms with E-state index in [-0.39, 0.29) is 5.66 Å². The molecule has 0 bridgehead atoms. The summed E-state index contributed by atoms with van der Waals surface area (Å²) in [5.74, 6) is 0. The Morgan fingerprint density at radius 2 is 2.38 bits per heavy atom. The Labute approximate surface area is 49.7 Å². The fourth-order valence-corrected chi connectivity index (χ4v) is 0.776. The molecular weight excluding hydrogens is 100 g/mol. The molecule has 0 spiro atoms. The third-order valence-electron chi connectivity index (χ3n) is 1.44. The Hall–Kier alpha value is -0.550. The van der Waals surface area contributed by atoms with Crippen molar-refractivity contribution >= 4 is 0 Å². The van der Waals surface area contributed by atoms with Crippen LogP contribution in [0.2, 0.25) is 0 Å². The largest absolute Gasteiger partial charge is 0.293 e. The molecule has 0 atom stereocenters. The van der Waals surface area contributed by atoms with Gasteiger partial charge >= 0.3 is 0 Å². The van der Waals surface area contributed by atoms with Gasteiger partial charge in [-0.2, -0.15) is 0 Å². The summed E-state index contributed by atoms with van der Waals surface area (Å²) in [6.45, 7) is 9.69. The van der Waals surface area contributed by atoms with Crippen LogP contribution in [0.25, 0.3) is 4.85 Å². The van der Waals surface area contributed by atoms with E-state index in [9.17, 15) is 0 Å². The van der Waals surface area contributed by atoms with Gasteiger partial charge < -0.3 is 0 Å². The van der Waals surface area contributed by atoms with Gasteiger partial charge in [-0.3, -0.25) is 4.85 Å². The smallest absolute Gasteiger partial charge is 0.286 e. The van der Waals surface area contributed by atoms with Gasteiger partial charge in [-0.1, -0.05) is 6.92 Å². The van der Waals surface area contributed by atoms with E-state index >= 15 is 0 Å². The molecule has 0 aromatic carbocycles. The molecule has 0 amide bonds. The Bertz CT molecular complexity index is 119. The van der Waals surface area contributed by atoms with E-state index < -0.39 is 0 Å². The quantitative estimate of drug-likeness (QED) is 0.525. The highest BCUT2D eigenvalue weighted by molar-refractivity contribution is 5.08. The summed E-state index contributed by atoms with van der Waals surface area (Å²) in [6.07, 6.45) is 2.09. The lowest BCUT2D eigenvalue weighted by molar-refractivity contribution is 0.607. The normalized spacial score (nSPS) is 22.0. The first-order valence-electron chi connectivity index (χ1n) is 2.96. The molecule has 44 valence electrons. The van der Waals surface area contributed by atoms with E-state index in [0.29, 0.717) is 0 Å². The molecule has 1 rings (SSSR count). The van der Waals surface area contributed by atoms with Crippen molar-refractivity contribution in [2.24, 2.45) is 0 Å². The molecule has 0 radical (unpaired) electrons.